The van der Waals surface area contributed by atoms with Crippen molar-refractivity contribution in [2.24, 2.45) is 0 Å². The van der Waals surface area contributed by atoms with Crippen molar-refractivity contribution in [1.82, 2.24) is 9.55 Å². The largest absolute Gasteiger partial charge is 0.494 e. The smallest absolute Gasteiger partial charge is 0.331 e. The maximum atomic E-state index is 11.6. The maximum absolute atomic E-state index is 11.6. The molecule has 106 valence electrons. The second-order valence-corrected chi connectivity index (χ2v) is 4.52. The van der Waals surface area contributed by atoms with E-state index in [-0.39, 0.29) is 18.5 Å². The van der Waals surface area contributed by atoms with Gasteiger partial charge in [0.05, 0.1) is 25.3 Å². The molecule has 2 rings (SSSR count). The zero-order valence-corrected chi connectivity index (χ0v) is 11.1. The van der Waals surface area contributed by atoms with Gasteiger partial charge >= 0.3 is 5.69 Å². The Balaban J connectivity index is 2.01. The second-order valence-electron chi connectivity index (χ2n) is 4.52. The van der Waals surface area contributed by atoms with Gasteiger partial charge in [-0.15, -0.1) is 0 Å². The molecule has 2 aromatic rings. The summed E-state index contributed by atoms with van der Waals surface area (Å²) in [5.74, 6) is -0.366. The number of hydrogen-bond donors (Lipinski definition) is 2. The predicted octanol–water partition coefficient (Wildman–Crippen LogP) is 1.02. The summed E-state index contributed by atoms with van der Waals surface area (Å²) < 4.78 is 6.60. The normalized spacial score (nSPS) is 12.2. The topological polar surface area (TPSA) is 84.3 Å². The van der Waals surface area contributed by atoms with Crippen molar-refractivity contribution in [2.75, 3.05) is 6.61 Å². The zero-order valence-electron chi connectivity index (χ0n) is 11.1. The number of hydrogen-bond acceptors (Lipinski definition) is 4. The van der Waals surface area contributed by atoms with Crippen LogP contribution in [0.4, 0.5) is 0 Å². The van der Waals surface area contributed by atoms with Crippen molar-refractivity contribution in [2.45, 2.75) is 19.6 Å². The van der Waals surface area contributed by atoms with Gasteiger partial charge in [-0.25, -0.2) is 4.79 Å². The van der Waals surface area contributed by atoms with Crippen molar-refractivity contribution in [1.29, 1.82) is 0 Å². The van der Waals surface area contributed by atoms with Crippen LogP contribution in [0.5, 0.6) is 5.88 Å². The van der Waals surface area contributed by atoms with Gasteiger partial charge < -0.3 is 9.84 Å². The Labute approximate surface area is 115 Å². The number of H-pyrrole nitrogens is 1. The summed E-state index contributed by atoms with van der Waals surface area (Å²) in [5.41, 5.74) is -0.246. The fraction of sp³-hybridized carbons (Fsp3) is 0.286. The third-order valence-corrected chi connectivity index (χ3v) is 2.87. The number of benzene rings is 1. The molecule has 1 heterocycles. The lowest BCUT2D eigenvalue weighted by molar-refractivity contribution is 0.0909. The minimum atomic E-state index is -0.647. The summed E-state index contributed by atoms with van der Waals surface area (Å²) in [4.78, 5) is 24.8. The molecule has 0 aliphatic rings. The average Bonchev–Trinajstić information content (AvgIpc) is 2.38. The van der Waals surface area contributed by atoms with E-state index in [0.717, 1.165) is 16.2 Å². The molecule has 20 heavy (non-hydrogen) atoms. The van der Waals surface area contributed by atoms with Crippen LogP contribution in [-0.4, -0.2) is 21.3 Å². The molecule has 0 aliphatic heterocycles. The number of aromatic hydroxyl groups is 1. The van der Waals surface area contributed by atoms with Crippen LogP contribution in [0.1, 0.15) is 18.5 Å². The van der Waals surface area contributed by atoms with Gasteiger partial charge in [0.15, 0.2) is 0 Å². The molecule has 0 aliphatic carbocycles. The fourth-order valence-corrected chi connectivity index (χ4v) is 1.91. The number of aromatic nitrogens is 2. The summed E-state index contributed by atoms with van der Waals surface area (Å²) in [6, 6.07) is 10.2. The SMILES string of the molecule is C[C@H](COCc1ccccc1)n1c(O)cc(=O)[nH]c1=O. The molecular formula is C14H16N2O4. The van der Waals surface area contributed by atoms with Gasteiger partial charge in [0.1, 0.15) is 0 Å². The minimum Gasteiger partial charge on any atom is -0.494 e. The lowest BCUT2D eigenvalue weighted by Gasteiger charge is -2.16. The Bertz CT molecular complexity index is 676. The van der Waals surface area contributed by atoms with E-state index >= 15 is 0 Å². The van der Waals surface area contributed by atoms with Crippen LogP contribution in [0.15, 0.2) is 46.0 Å². The van der Waals surface area contributed by atoms with E-state index in [0.29, 0.717) is 6.61 Å². The van der Waals surface area contributed by atoms with Crippen molar-refractivity contribution >= 4 is 0 Å². The van der Waals surface area contributed by atoms with Crippen LogP contribution in [0, 0.1) is 0 Å². The van der Waals surface area contributed by atoms with Gasteiger partial charge in [-0.1, -0.05) is 30.3 Å². The van der Waals surface area contributed by atoms with E-state index in [9.17, 15) is 14.7 Å². The van der Waals surface area contributed by atoms with Gasteiger partial charge in [0, 0.05) is 0 Å². The minimum absolute atomic E-state index is 0.244. The number of nitrogens with one attached hydrogen (secondary N) is 1. The maximum Gasteiger partial charge on any atom is 0.331 e. The molecule has 0 saturated heterocycles. The molecule has 0 saturated carbocycles. The Morgan fingerprint density at radius 1 is 1.30 bits per heavy atom. The van der Waals surface area contributed by atoms with Gasteiger partial charge in [-0.2, -0.15) is 0 Å². The summed E-state index contributed by atoms with van der Waals surface area (Å²) >= 11 is 0. The number of rotatable bonds is 5. The summed E-state index contributed by atoms with van der Waals surface area (Å²) in [6.07, 6.45) is 0. The van der Waals surface area contributed by atoms with E-state index in [4.69, 9.17) is 4.74 Å². The van der Waals surface area contributed by atoms with Crippen molar-refractivity contribution in [3.8, 4) is 5.88 Å². The van der Waals surface area contributed by atoms with Gasteiger partial charge in [0.2, 0.25) is 5.88 Å². The van der Waals surface area contributed by atoms with E-state index < -0.39 is 11.2 Å². The number of ether oxygens (including phenoxy) is 1. The average molecular weight is 276 g/mol. The molecule has 0 radical (unpaired) electrons. The Hall–Kier alpha value is -2.34. The summed E-state index contributed by atoms with van der Waals surface area (Å²) in [6.45, 7) is 2.39. The van der Waals surface area contributed by atoms with Crippen LogP contribution in [0.3, 0.4) is 0 Å². The molecule has 1 aromatic carbocycles. The monoisotopic (exact) mass is 276 g/mol. The lowest BCUT2D eigenvalue weighted by Crippen LogP contribution is -2.32. The van der Waals surface area contributed by atoms with Gasteiger partial charge in [-0.3, -0.25) is 14.3 Å². The van der Waals surface area contributed by atoms with Crippen molar-refractivity contribution in [3.63, 3.8) is 0 Å². The highest BCUT2D eigenvalue weighted by atomic mass is 16.5. The van der Waals surface area contributed by atoms with Crippen LogP contribution >= 0.6 is 0 Å². The summed E-state index contributed by atoms with van der Waals surface area (Å²) in [5, 5.41) is 9.65. The Kier molecular flexibility index (Phi) is 4.37. The second kappa shape index (κ2) is 6.21. The van der Waals surface area contributed by atoms with E-state index in [1.807, 2.05) is 30.3 Å². The molecule has 2 N–H and O–H groups in total. The first-order valence-electron chi connectivity index (χ1n) is 6.24. The van der Waals surface area contributed by atoms with E-state index in [1.165, 1.54) is 0 Å². The molecule has 0 fully saturated rings. The van der Waals surface area contributed by atoms with Gasteiger partial charge in [0.25, 0.3) is 5.56 Å². The summed E-state index contributed by atoms with van der Waals surface area (Å²) in [7, 11) is 0. The van der Waals surface area contributed by atoms with Crippen LogP contribution in [-0.2, 0) is 11.3 Å². The van der Waals surface area contributed by atoms with Gasteiger partial charge in [-0.05, 0) is 12.5 Å². The molecule has 0 unspecified atom stereocenters. The lowest BCUT2D eigenvalue weighted by atomic mass is 10.2. The first kappa shape index (κ1) is 14.1. The van der Waals surface area contributed by atoms with Crippen LogP contribution < -0.4 is 11.2 Å². The molecule has 6 nitrogen and oxygen atoms in total. The van der Waals surface area contributed by atoms with E-state index in [2.05, 4.69) is 4.98 Å². The highest BCUT2D eigenvalue weighted by Gasteiger charge is 2.12. The highest BCUT2D eigenvalue weighted by Crippen LogP contribution is 2.11. The Morgan fingerprint density at radius 3 is 2.65 bits per heavy atom. The third-order valence-electron chi connectivity index (χ3n) is 2.87. The fourth-order valence-electron chi connectivity index (χ4n) is 1.91. The first-order valence-corrected chi connectivity index (χ1v) is 6.24. The third kappa shape index (κ3) is 3.36. The molecular weight excluding hydrogens is 260 g/mol. The highest BCUT2D eigenvalue weighted by molar-refractivity contribution is 5.13. The predicted molar refractivity (Wildman–Crippen MR) is 73.8 cm³/mol. The standard InChI is InChI=1S/C14H16N2O4/c1-10(8-20-9-11-5-3-2-4-6-11)16-13(18)7-12(17)15-14(16)19/h2-7,10,18H,8-9H2,1H3,(H,15,17,19)/t10-/m1/s1. The number of nitrogens with zero attached hydrogens (tertiary/aromatic N) is 1. The van der Waals surface area contributed by atoms with Crippen molar-refractivity contribution < 1.29 is 9.84 Å². The zero-order chi connectivity index (χ0) is 14.5. The quantitative estimate of drug-likeness (QED) is 0.854. The molecule has 1 atom stereocenters. The van der Waals surface area contributed by atoms with E-state index in [1.54, 1.807) is 6.92 Å². The molecule has 6 heteroatoms. The first-order chi connectivity index (χ1) is 9.58. The number of aromatic amines is 1. The van der Waals surface area contributed by atoms with Crippen LogP contribution in [0.25, 0.3) is 0 Å². The molecule has 0 amide bonds. The Morgan fingerprint density at radius 2 is 2.00 bits per heavy atom. The molecule has 1 aromatic heterocycles. The van der Waals surface area contributed by atoms with Crippen molar-refractivity contribution in [3.05, 3.63) is 62.8 Å². The van der Waals surface area contributed by atoms with Crippen LogP contribution in [0.2, 0.25) is 0 Å². The molecule has 0 spiro atoms. The molecule has 0 bridgehead atoms.